The number of hydrogen-bond acceptors (Lipinski definition) is 3. The number of halogens is 2. The molecule has 2 rings (SSSR count). The number of ether oxygens (including phenoxy) is 1. The summed E-state index contributed by atoms with van der Waals surface area (Å²) in [6.07, 6.45) is -0.884. The third-order valence-electron chi connectivity index (χ3n) is 2.69. The van der Waals surface area contributed by atoms with E-state index in [1.165, 1.54) is 0 Å². The van der Waals surface area contributed by atoms with Crippen molar-refractivity contribution in [2.24, 2.45) is 0 Å². The minimum atomic E-state index is -1.03. The zero-order valence-electron chi connectivity index (χ0n) is 9.12. The lowest BCUT2D eigenvalue weighted by molar-refractivity contribution is 0.0729. The smallest absolute Gasteiger partial charge is 0.149 e. The summed E-state index contributed by atoms with van der Waals surface area (Å²) in [6.45, 7) is 1.05. The monoisotopic (exact) mass is 298 g/mol. The van der Waals surface area contributed by atoms with E-state index in [1.807, 2.05) is 6.07 Å². The van der Waals surface area contributed by atoms with Crippen LogP contribution in [0.25, 0.3) is 0 Å². The van der Waals surface area contributed by atoms with Crippen LogP contribution in [0.5, 0.6) is 5.75 Å². The Morgan fingerprint density at radius 2 is 2.35 bits per heavy atom. The molecule has 3 nitrogen and oxygen atoms in total. The van der Waals surface area contributed by atoms with E-state index in [9.17, 15) is 4.39 Å². The van der Waals surface area contributed by atoms with Crippen LogP contribution in [0.15, 0.2) is 22.7 Å². The molecule has 0 aliphatic carbocycles. The van der Waals surface area contributed by atoms with Gasteiger partial charge in [0.05, 0.1) is 5.56 Å². The number of piperidine rings is 1. The van der Waals surface area contributed by atoms with Crippen LogP contribution in [0.3, 0.4) is 0 Å². The zero-order chi connectivity index (χ0) is 12.3. The highest BCUT2D eigenvalue weighted by Crippen LogP contribution is 2.25. The molecular formula is C12H12BrFN2O. The van der Waals surface area contributed by atoms with Gasteiger partial charge in [0.25, 0.3) is 0 Å². The lowest BCUT2D eigenvalue weighted by Crippen LogP contribution is -2.44. The second-order valence-corrected chi connectivity index (χ2v) is 4.83. The molecule has 0 bridgehead atoms. The summed E-state index contributed by atoms with van der Waals surface area (Å²) >= 11 is 3.28. The average Bonchev–Trinajstić information content (AvgIpc) is 2.34. The zero-order valence-corrected chi connectivity index (χ0v) is 10.7. The second-order valence-electron chi connectivity index (χ2n) is 3.92. The molecule has 90 valence electrons. The van der Waals surface area contributed by atoms with Crippen molar-refractivity contribution in [1.82, 2.24) is 5.32 Å². The first kappa shape index (κ1) is 12.3. The molecule has 0 amide bonds. The number of nitrogens with one attached hydrogen (secondary N) is 1. The van der Waals surface area contributed by atoms with Gasteiger partial charge in [-0.1, -0.05) is 15.9 Å². The van der Waals surface area contributed by atoms with Crippen LogP contribution < -0.4 is 10.1 Å². The molecule has 1 fully saturated rings. The van der Waals surface area contributed by atoms with Crippen molar-refractivity contribution in [1.29, 1.82) is 5.26 Å². The van der Waals surface area contributed by atoms with Crippen molar-refractivity contribution in [2.75, 3.05) is 13.1 Å². The first-order valence-electron chi connectivity index (χ1n) is 5.42. The van der Waals surface area contributed by atoms with E-state index in [4.69, 9.17) is 10.00 Å². The predicted octanol–water partition coefficient (Wildman–Crippen LogP) is 2.40. The van der Waals surface area contributed by atoms with E-state index in [2.05, 4.69) is 21.2 Å². The summed E-state index contributed by atoms with van der Waals surface area (Å²) in [6, 6.07) is 7.19. The Labute approximate surface area is 108 Å². The molecule has 1 aromatic carbocycles. The Kier molecular flexibility index (Phi) is 3.97. The van der Waals surface area contributed by atoms with Gasteiger partial charge in [0.15, 0.2) is 0 Å². The largest absolute Gasteiger partial charge is 0.486 e. The van der Waals surface area contributed by atoms with Gasteiger partial charge in [0.1, 0.15) is 24.1 Å². The van der Waals surface area contributed by atoms with E-state index in [-0.39, 0.29) is 0 Å². The summed E-state index contributed by atoms with van der Waals surface area (Å²) in [4.78, 5) is 0. The van der Waals surface area contributed by atoms with E-state index >= 15 is 0 Å². The summed E-state index contributed by atoms with van der Waals surface area (Å²) in [7, 11) is 0. The molecule has 0 radical (unpaired) electrons. The van der Waals surface area contributed by atoms with Gasteiger partial charge in [-0.3, -0.25) is 0 Å². The predicted molar refractivity (Wildman–Crippen MR) is 65.7 cm³/mol. The van der Waals surface area contributed by atoms with Gasteiger partial charge < -0.3 is 10.1 Å². The molecule has 1 aliphatic rings. The molecule has 1 aromatic rings. The van der Waals surface area contributed by atoms with Gasteiger partial charge in [-0.05, 0) is 31.2 Å². The van der Waals surface area contributed by atoms with Crippen molar-refractivity contribution < 1.29 is 9.13 Å². The van der Waals surface area contributed by atoms with Gasteiger partial charge in [-0.15, -0.1) is 0 Å². The van der Waals surface area contributed by atoms with Crippen molar-refractivity contribution >= 4 is 15.9 Å². The number of alkyl halides is 1. The molecule has 1 N–H and O–H groups in total. The minimum absolute atomic E-state index is 0.309. The third-order valence-corrected chi connectivity index (χ3v) is 3.18. The SMILES string of the molecule is N#Cc1cc(Br)ccc1OC1CCNC[C@@H]1F. The normalized spacial score (nSPS) is 24.1. The topological polar surface area (TPSA) is 45.0 Å². The van der Waals surface area contributed by atoms with Crippen LogP contribution in [0.2, 0.25) is 0 Å². The quantitative estimate of drug-likeness (QED) is 0.912. The highest BCUT2D eigenvalue weighted by molar-refractivity contribution is 9.10. The van der Waals surface area contributed by atoms with Crippen LogP contribution in [0, 0.1) is 11.3 Å². The summed E-state index contributed by atoms with van der Waals surface area (Å²) < 4.78 is 20.0. The lowest BCUT2D eigenvalue weighted by Gasteiger charge is -2.27. The van der Waals surface area contributed by atoms with Crippen molar-refractivity contribution in [3.63, 3.8) is 0 Å². The van der Waals surface area contributed by atoms with Crippen LogP contribution in [0.1, 0.15) is 12.0 Å². The summed E-state index contributed by atoms with van der Waals surface area (Å²) in [5.74, 6) is 0.449. The van der Waals surface area contributed by atoms with Crippen molar-refractivity contribution in [3.05, 3.63) is 28.2 Å². The van der Waals surface area contributed by atoms with E-state index in [0.717, 1.165) is 11.0 Å². The maximum absolute atomic E-state index is 13.6. The van der Waals surface area contributed by atoms with Crippen LogP contribution >= 0.6 is 15.9 Å². The fourth-order valence-electron chi connectivity index (χ4n) is 1.78. The van der Waals surface area contributed by atoms with Crippen LogP contribution in [-0.2, 0) is 0 Å². The minimum Gasteiger partial charge on any atom is -0.486 e. The first-order valence-corrected chi connectivity index (χ1v) is 6.21. The molecule has 2 atom stereocenters. The van der Waals surface area contributed by atoms with Crippen LogP contribution in [0.4, 0.5) is 4.39 Å². The Hall–Kier alpha value is -1.12. The molecule has 0 saturated carbocycles. The fourth-order valence-corrected chi connectivity index (χ4v) is 2.15. The lowest BCUT2D eigenvalue weighted by atomic mass is 10.1. The molecule has 0 spiro atoms. The Bertz CT molecular complexity index is 447. The number of nitriles is 1. The molecule has 5 heteroatoms. The van der Waals surface area contributed by atoms with Crippen LogP contribution in [-0.4, -0.2) is 25.4 Å². The van der Waals surface area contributed by atoms with E-state index in [0.29, 0.717) is 24.3 Å². The maximum Gasteiger partial charge on any atom is 0.149 e. The Morgan fingerprint density at radius 1 is 1.53 bits per heavy atom. The summed E-state index contributed by atoms with van der Waals surface area (Å²) in [5, 5.41) is 11.9. The van der Waals surface area contributed by atoms with Gasteiger partial charge in [-0.25, -0.2) is 4.39 Å². The Morgan fingerprint density at radius 3 is 3.06 bits per heavy atom. The number of benzene rings is 1. The van der Waals surface area contributed by atoms with Gasteiger partial charge >= 0.3 is 0 Å². The molecule has 17 heavy (non-hydrogen) atoms. The Balaban J connectivity index is 2.15. The van der Waals surface area contributed by atoms with Gasteiger partial charge in [-0.2, -0.15) is 5.26 Å². The first-order chi connectivity index (χ1) is 8.20. The van der Waals surface area contributed by atoms with Crippen molar-refractivity contribution in [2.45, 2.75) is 18.7 Å². The number of rotatable bonds is 2. The van der Waals surface area contributed by atoms with E-state index < -0.39 is 12.3 Å². The highest BCUT2D eigenvalue weighted by atomic mass is 79.9. The third kappa shape index (κ3) is 2.96. The van der Waals surface area contributed by atoms with E-state index in [1.54, 1.807) is 18.2 Å². The fraction of sp³-hybridized carbons (Fsp3) is 0.417. The number of hydrogen-bond donors (Lipinski definition) is 1. The highest BCUT2D eigenvalue weighted by Gasteiger charge is 2.26. The molecule has 1 saturated heterocycles. The second kappa shape index (κ2) is 5.48. The molecule has 1 heterocycles. The van der Waals surface area contributed by atoms with Gasteiger partial charge in [0, 0.05) is 11.0 Å². The van der Waals surface area contributed by atoms with Crippen molar-refractivity contribution in [3.8, 4) is 11.8 Å². The molecule has 1 unspecified atom stereocenters. The molecular weight excluding hydrogens is 287 g/mol. The average molecular weight is 299 g/mol. The molecule has 1 aliphatic heterocycles. The van der Waals surface area contributed by atoms with Gasteiger partial charge in [0.2, 0.25) is 0 Å². The summed E-state index contributed by atoms with van der Waals surface area (Å²) in [5.41, 5.74) is 0.421. The number of nitrogens with zero attached hydrogens (tertiary/aromatic N) is 1. The standard InChI is InChI=1S/C12H12BrFN2O/c13-9-1-2-11(8(5-9)6-15)17-12-3-4-16-7-10(12)14/h1-2,5,10,12,16H,3-4,7H2/t10-,12?/m0/s1. The molecule has 0 aromatic heterocycles. The maximum atomic E-state index is 13.6.